The highest BCUT2D eigenvalue weighted by Crippen LogP contribution is 2.29. The van der Waals surface area contributed by atoms with E-state index in [1.54, 1.807) is 7.11 Å². The summed E-state index contributed by atoms with van der Waals surface area (Å²) < 4.78 is 32.7. The van der Waals surface area contributed by atoms with Crippen LogP contribution in [0.5, 0.6) is 5.75 Å². The summed E-state index contributed by atoms with van der Waals surface area (Å²) in [6.45, 7) is 3.31. The van der Waals surface area contributed by atoms with Crippen molar-refractivity contribution in [2.75, 3.05) is 26.7 Å². The fraction of sp³-hybridized carbons (Fsp3) is 0.417. The van der Waals surface area contributed by atoms with Gasteiger partial charge in [0.05, 0.1) is 12.0 Å². The van der Waals surface area contributed by atoms with E-state index in [9.17, 15) is 18.0 Å². The van der Waals surface area contributed by atoms with Crippen molar-refractivity contribution in [2.24, 2.45) is 5.92 Å². The average molecular weight is 457 g/mol. The third-order valence-electron chi connectivity index (χ3n) is 6.44. The van der Waals surface area contributed by atoms with E-state index in [-0.39, 0.29) is 22.5 Å². The van der Waals surface area contributed by atoms with Crippen LogP contribution in [-0.2, 0) is 27.8 Å². The summed E-state index contributed by atoms with van der Waals surface area (Å²) in [7, 11) is -2.01. The van der Waals surface area contributed by atoms with E-state index in [0.717, 1.165) is 17.7 Å². The highest BCUT2D eigenvalue weighted by Gasteiger charge is 2.34. The van der Waals surface area contributed by atoms with Crippen LogP contribution in [0.3, 0.4) is 0 Å². The summed E-state index contributed by atoms with van der Waals surface area (Å²) in [4.78, 5) is 26.6. The second kappa shape index (κ2) is 9.03. The molecule has 0 N–H and O–H groups in total. The number of hydrogen-bond acceptors (Lipinski definition) is 5. The number of carbonyl (C=O) groups is 2. The number of Topliss-reactive ketones (excluding diaryl/α,β-unsaturated/α-hetero) is 1. The standard InChI is InChI=1S/C24H28N2O5S/c1-17(27)18-4-7-23(8-5-18)32(29,30)26-13-10-20(11-14-26)24(28)25-12-9-19-3-6-22(31-2)15-21(19)16-25/h3-8,15,20H,9-14,16H2,1-2H3. The SMILES string of the molecule is COc1ccc2c(c1)CN(C(=O)C1CCN(S(=O)(=O)c3ccc(C(C)=O)cc3)CC1)CC2. The minimum absolute atomic E-state index is 0.0985. The van der Waals surface area contributed by atoms with Gasteiger partial charge in [-0.2, -0.15) is 4.31 Å². The van der Waals surface area contributed by atoms with E-state index in [1.807, 2.05) is 17.0 Å². The van der Waals surface area contributed by atoms with Gasteiger partial charge >= 0.3 is 0 Å². The molecule has 32 heavy (non-hydrogen) atoms. The molecule has 0 aromatic heterocycles. The lowest BCUT2D eigenvalue weighted by Gasteiger charge is -2.35. The first-order valence-electron chi connectivity index (χ1n) is 10.9. The number of rotatable bonds is 5. The van der Waals surface area contributed by atoms with Crippen LogP contribution in [0.25, 0.3) is 0 Å². The minimum Gasteiger partial charge on any atom is -0.497 e. The number of piperidine rings is 1. The Morgan fingerprint density at radius 3 is 2.28 bits per heavy atom. The van der Waals surface area contributed by atoms with Crippen molar-refractivity contribution in [3.63, 3.8) is 0 Å². The first-order chi connectivity index (χ1) is 15.3. The Morgan fingerprint density at radius 2 is 1.66 bits per heavy atom. The lowest BCUT2D eigenvalue weighted by atomic mass is 9.93. The summed E-state index contributed by atoms with van der Waals surface area (Å²) in [5, 5.41) is 0. The lowest BCUT2D eigenvalue weighted by Crippen LogP contribution is -2.45. The van der Waals surface area contributed by atoms with Gasteiger partial charge in [-0.25, -0.2) is 8.42 Å². The van der Waals surface area contributed by atoms with Gasteiger partial charge in [0.2, 0.25) is 15.9 Å². The lowest BCUT2D eigenvalue weighted by molar-refractivity contribution is -0.137. The first kappa shape index (κ1) is 22.5. The van der Waals surface area contributed by atoms with E-state index in [2.05, 4.69) is 6.07 Å². The Balaban J connectivity index is 1.39. The zero-order valence-corrected chi connectivity index (χ0v) is 19.2. The van der Waals surface area contributed by atoms with Crippen LogP contribution in [0, 0.1) is 5.92 Å². The van der Waals surface area contributed by atoms with E-state index in [0.29, 0.717) is 44.6 Å². The summed E-state index contributed by atoms with van der Waals surface area (Å²) in [6, 6.07) is 12.0. The van der Waals surface area contributed by atoms with Crippen LogP contribution in [0.4, 0.5) is 0 Å². The fourth-order valence-corrected chi connectivity index (χ4v) is 5.93. The molecular formula is C24H28N2O5S. The highest BCUT2D eigenvalue weighted by atomic mass is 32.2. The molecule has 2 aromatic rings. The molecule has 1 amide bonds. The van der Waals surface area contributed by atoms with Crippen molar-refractivity contribution in [3.05, 3.63) is 59.2 Å². The number of fused-ring (bicyclic) bond motifs is 1. The molecule has 2 aliphatic heterocycles. The number of ketones is 1. The molecule has 2 heterocycles. The molecule has 7 nitrogen and oxygen atoms in total. The largest absolute Gasteiger partial charge is 0.497 e. The van der Waals surface area contributed by atoms with Gasteiger partial charge in [-0.3, -0.25) is 9.59 Å². The van der Waals surface area contributed by atoms with Crippen LogP contribution in [0.1, 0.15) is 41.3 Å². The van der Waals surface area contributed by atoms with Crippen molar-refractivity contribution in [2.45, 2.75) is 37.6 Å². The molecule has 0 radical (unpaired) electrons. The number of benzene rings is 2. The van der Waals surface area contributed by atoms with Gasteiger partial charge in [0, 0.05) is 37.7 Å². The Labute approximate surface area is 189 Å². The molecule has 0 unspecified atom stereocenters. The molecule has 0 bridgehead atoms. The van der Waals surface area contributed by atoms with Gasteiger partial charge in [-0.1, -0.05) is 18.2 Å². The number of sulfonamides is 1. The summed E-state index contributed by atoms with van der Waals surface area (Å²) >= 11 is 0. The number of hydrogen-bond donors (Lipinski definition) is 0. The van der Waals surface area contributed by atoms with Crippen LogP contribution in [0.15, 0.2) is 47.4 Å². The third kappa shape index (κ3) is 4.42. The van der Waals surface area contributed by atoms with Crippen molar-refractivity contribution in [1.82, 2.24) is 9.21 Å². The predicted octanol–water partition coefficient (Wildman–Crippen LogP) is 2.88. The molecule has 8 heteroatoms. The molecule has 2 aromatic carbocycles. The quantitative estimate of drug-likeness (QED) is 0.646. The van der Waals surface area contributed by atoms with E-state index >= 15 is 0 Å². The van der Waals surface area contributed by atoms with Gasteiger partial charge in [-0.05, 0) is 61.6 Å². The van der Waals surface area contributed by atoms with Crippen LogP contribution in [0.2, 0.25) is 0 Å². The van der Waals surface area contributed by atoms with E-state index in [1.165, 1.54) is 41.1 Å². The zero-order chi connectivity index (χ0) is 22.9. The topological polar surface area (TPSA) is 84.0 Å². The van der Waals surface area contributed by atoms with Crippen molar-refractivity contribution >= 4 is 21.7 Å². The Kier molecular flexibility index (Phi) is 6.35. The Bertz CT molecular complexity index is 1120. The number of nitrogens with zero attached hydrogens (tertiary/aromatic N) is 2. The molecular weight excluding hydrogens is 428 g/mol. The molecule has 1 fully saturated rings. The van der Waals surface area contributed by atoms with Crippen LogP contribution >= 0.6 is 0 Å². The first-order valence-corrected chi connectivity index (χ1v) is 12.3. The van der Waals surface area contributed by atoms with Crippen LogP contribution < -0.4 is 4.74 Å². The van der Waals surface area contributed by atoms with Gasteiger partial charge in [0.15, 0.2) is 5.78 Å². The summed E-state index contributed by atoms with van der Waals surface area (Å²) in [5.74, 6) is 0.606. The number of methoxy groups -OCH3 is 1. The molecule has 0 aliphatic carbocycles. The third-order valence-corrected chi connectivity index (χ3v) is 8.35. The molecule has 170 valence electrons. The molecule has 1 saturated heterocycles. The monoisotopic (exact) mass is 456 g/mol. The van der Waals surface area contributed by atoms with Gasteiger partial charge < -0.3 is 9.64 Å². The van der Waals surface area contributed by atoms with Gasteiger partial charge in [0.1, 0.15) is 5.75 Å². The van der Waals surface area contributed by atoms with E-state index < -0.39 is 10.0 Å². The number of carbonyl (C=O) groups excluding carboxylic acids is 2. The average Bonchev–Trinajstić information content (AvgIpc) is 2.83. The second-order valence-corrected chi connectivity index (χ2v) is 10.3. The number of amides is 1. The van der Waals surface area contributed by atoms with Crippen molar-refractivity contribution in [1.29, 1.82) is 0 Å². The van der Waals surface area contributed by atoms with Gasteiger partial charge in [0.25, 0.3) is 0 Å². The summed E-state index contributed by atoms with van der Waals surface area (Å²) in [6.07, 6.45) is 1.82. The van der Waals surface area contributed by atoms with Crippen molar-refractivity contribution < 1.29 is 22.7 Å². The minimum atomic E-state index is -3.64. The maximum atomic E-state index is 13.1. The molecule has 0 saturated carbocycles. The number of ether oxygens (including phenoxy) is 1. The predicted molar refractivity (Wildman–Crippen MR) is 120 cm³/mol. The smallest absolute Gasteiger partial charge is 0.243 e. The second-order valence-electron chi connectivity index (χ2n) is 8.40. The molecule has 0 atom stereocenters. The van der Waals surface area contributed by atoms with Gasteiger partial charge in [-0.15, -0.1) is 0 Å². The van der Waals surface area contributed by atoms with E-state index in [4.69, 9.17) is 4.74 Å². The highest BCUT2D eigenvalue weighted by molar-refractivity contribution is 7.89. The maximum absolute atomic E-state index is 13.1. The normalized spacial score (nSPS) is 17.6. The molecule has 4 rings (SSSR count). The zero-order valence-electron chi connectivity index (χ0n) is 18.4. The Hall–Kier alpha value is -2.71. The maximum Gasteiger partial charge on any atom is 0.243 e. The fourth-order valence-electron chi connectivity index (χ4n) is 4.46. The summed E-state index contributed by atoms with van der Waals surface area (Å²) in [5.41, 5.74) is 2.83. The van der Waals surface area contributed by atoms with Crippen LogP contribution in [-0.4, -0.2) is 56.1 Å². The molecule has 0 spiro atoms. The van der Waals surface area contributed by atoms with Crippen molar-refractivity contribution in [3.8, 4) is 5.75 Å². The molecule has 2 aliphatic rings. The Morgan fingerprint density at radius 1 is 0.969 bits per heavy atom.